The third-order valence-electron chi connectivity index (χ3n) is 4.39. The molecule has 0 saturated heterocycles. The fraction of sp³-hybridized carbons (Fsp3) is 0.375. The molecule has 3 amide bonds. The maximum absolute atomic E-state index is 12.7. The average molecular weight is 426 g/mol. The highest BCUT2D eigenvalue weighted by atomic mass is 16.5. The van der Waals surface area contributed by atoms with E-state index in [9.17, 15) is 14.4 Å². The van der Waals surface area contributed by atoms with Gasteiger partial charge in [-0.1, -0.05) is 52.0 Å². The van der Waals surface area contributed by atoms with Crippen LogP contribution in [-0.2, 0) is 14.4 Å². The lowest BCUT2D eigenvalue weighted by Gasteiger charge is -2.22. The molecule has 2 aromatic carbocycles. The normalized spacial score (nSPS) is 11.7. The van der Waals surface area contributed by atoms with Crippen molar-refractivity contribution in [3.8, 4) is 5.75 Å². The number of carbonyl (C=O) groups excluding carboxylic acids is 3. The number of amides is 3. The first-order chi connectivity index (χ1) is 14.7. The Bertz CT molecular complexity index is 881. The van der Waals surface area contributed by atoms with Gasteiger partial charge < -0.3 is 20.7 Å². The summed E-state index contributed by atoms with van der Waals surface area (Å²) in [5.41, 5.74) is 1.21. The highest BCUT2D eigenvalue weighted by Crippen LogP contribution is 2.18. The Balaban J connectivity index is 1.93. The van der Waals surface area contributed by atoms with Crippen LogP contribution in [0.15, 0.2) is 54.6 Å². The first kappa shape index (κ1) is 23.9. The molecule has 0 bridgehead atoms. The molecular weight excluding hydrogens is 394 g/mol. The average Bonchev–Trinajstić information content (AvgIpc) is 2.71. The van der Waals surface area contributed by atoms with Crippen LogP contribution < -0.4 is 20.7 Å². The highest BCUT2D eigenvalue weighted by Gasteiger charge is 2.24. The monoisotopic (exact) mass is 425 g/mol. The minimum absolute atomic E-state index is 0.0720. The van der Waals surface area contributed by atoms with Gasteiger partial charge >= 0.3 is 0 Å². The number of nitrogens with one attached hydrogen (secondary N) is 3. The zero-order valence-electron chi connectivity index (χ0n) is 18.5. The van der Waals surface area contributed by atoms with Crippen LogP contribution in [0.25, 0.3) is 0 Å². The lowest BCUT2D eigenvalue weighted by Crippen LogP contribution is -2.47. The van der Waals surface area contributed by atoms with Gasteiger partial charge in [-0.05, 0) is 36.1 Å². The fourth-order valence-electron chi connectivity index (χ4n) is 2.89. The van der Waals surface area contributed by atoms with Crippen LogP contribution >= 0.6 is 0 Å². The van der Waals surface area contributed by atoms with Crippen molar-refractivity contribution in [1.82, 2.24) is 5.32 Å². The molecule has 0 saturated carbocycles. The van der Waals surface area contributed by atoms with Crippen LogP contribution in [0.1, 0.15) is 34.1 Å². The lowest BCUT2D eigenvalue weighted by molar-refractivity contribution is -0.127. The van der Waals surface area contributed by atoms with Crippen molar-refractivity contribution in [2.75, 3.05) is 17.2 Å². The number of anilines is 2. The number of rotatable bonds is 10. The van der Waals surface area contributed by atoms with E-state index >= 15 is 0 Å². The number of para-hydroxylation sites is 1. The molecule has 2 rings (SSSR count). The Morgan fingerprint density at radius 2 is 1.52 bits per heavy atom. The zero-order chi connectivity index (χ0) is 22.8. The van der Waals surface area contributed by atoms with Crippen molar-refractivity contribution in [2.24, 2.45) is 11.8 Å². The second kappa shape index (κ2) is 11.7. The van der Waals surface area contributed by atoms with Crippen molar-refractivity contribution in [3.05, 3.63) is 54.6 Å². The maximum Gasteiger partial charge on any atom is 0.262 e. The van der Waals surface area contributed by atoms with Gasteiger partial charge in [0, 0.05) is 23.9 Å². The Hall–Kier alpha value is -3.35. The highest BCUT2D eigenvalue weighted by molar-refractivity contribution is 5.97. The number of hydrogen-bond donors (Lipinski definition) is 3. The molecule has 0 spiro atoms. The Morgan fingerprint density at radius 3 is 2.16 bits per heavy atom. The van der Waals surface area contributed by atoms with Gasteiger partial charge in [0.15, 0.2) is 6.61 Å². The summed E-state index contributed by atoms with van der Waals surface area (Å²) in [5, 5.41) is 8.37. The molecule has 7 nitrogen and oxygen atoms in total. The van der Waals surface area contributed by atoms with Crippen LogP contribution in [0.2, 0.25) is 0 Å². The quantitative estimate of drug-likeness (QED) is 0.539. The SMILES string of the molecule is CC(C)CC(=O)NC(C(=O)Nc1cccc(OCC(=O)Nc2ccccc2)c1)C(C)C. The van der Waals surface area contributed by atoms with Crippen molar-refractivity contribution < 1.29 is 19.1 Å². The smallest absolute Gasteiger partial charge is 0.262 e. The third-order valence-corrected chi connectivity index (χ3v) is 4.39. The van der Waals surface area contributed by atoms with E-state index in [0.29, 0.717) is 23.5 Å². The van der Waals surface area contributed by atoms with E-state index in [-0.39, 0.29) is 36.2 Å². The molecule has 166 valence electrons. The van der Waals surface area contributed by atoms with Crippen molar-refractivity contribution in [2.45, 2.75) is 40.2 Å². The number of hydrogen-bond acceptors (Lipinski definition) is 4. The molecule has 0 fully saturated rings. The number of carbonyl (C=O) groups is 3. The van der Waals surface area contributed by atoms with E-state index < -0.39 is 6.04 Å². The lowest BCUT2D eigenvalue weighted by atomic mass is 10.0. The summed E-state index contributed by atoms with van der Waals surface area (Å²) < 4.78 is 5.55. The van der Waals surface area contributed by atoms with Crippen LogP contribution in [0, 0.1) is 11.8 Å². The second-order valence-electron chi connectivity index (χ2n) is 8.11. The second-order valence-corrected chi connectivity index (χ2v) is 8.11. The summed E-state index contributed by atoms with van der Waals surface area (Å²) >= 11 is 0. The van der Waals surface area contributed by atoms with Gasteiger partial charge in [-0.25, -0.2) is 0 Å². The summed E-state index contributed by atoms with van der Waals surface area (Å²) in [6.07, 6.45) is 0.366. The molecule has 31 heavy (non-hydrogen) atoms. The molecular formula is C24H31N3O4. The van der Waals surface area contributed by atoms with Gasteiger partial charge in [0.25, 0.3) is 5.91 Å². The summed E-state index contributed by atoms with van der Waals surface area (Å²) in [6, 6.07) is 15.3. The van der Waals surface area contributed by atoms with Gasteiger partial charge in [-0.3, -0.25) is 14.4 Å². The largest absolute Gasteiger partial charge is 0.484 e. The summed E-state index contributed by atoms with van der Waals surface area (Å²) in [6.45, 7) is 7.51. The summed E-state index contributed by atoms with van der Waals surface area (Å²) in [7, 11) is 0. The standard InChI is InChI=1S/C24H31N3O4/c1-16(2)13-21(28)27-23(17(3)4)24(30)26-19-11-8-12-20(14-19)31-15-22(29)25-18-9-6-5-7-10-18/h5-12,14,16-17,23H,13,15H2,1-4H3,(H,25,29)(H,26,30)(H,27,28). The molecule has 7 heteroatoms. The minimum atomic E-state index is -0.646. The van der Waals surface area contributed by atoms with Gasteiger partial charge in [-0.15, -0.1) is 0 Å². The molecule has 3 N–H and O–H groups in total. The predicted octanol–water partition coefficient (Wildman–Crippen LogP) is 3.83. The molecule has 0 radical (unpaired) electrons. The molecule has 0 aromatic heterocycles. The van der Waals surface area contributed by atoms with Gasteiger partial charge in [0.2, 0.25) is 11.8 Å². The van der Waals surface area contributed by atoms with Crippen LogP contribution in [0.5, 0.6) is 5.75 Å². The van der Waals surface area contributed by atoms with E-state index in [1.807, 2.05) is 45.9 Å². The van der Waals surface area contributed by atoms with Gasteiger partial charge in [0.1, 0.15) is 11.8 Å². The molecule has 0 aliphatic heterocycles. The molecule has 1 atom stereocenters. The minimum Gasteiger partial charge on any atom is -0.484 e. The Kier molecular flexibility index (Phi) is 9.06. The third kappa shape index (κ3) is 8.50. The van der Waals surface area contributed by atoms with Gasteiger partial charge in [0.05, 0.1) is 0 Å². The summed E-state index contributed by atoms with van der Waals surface area (Å²) in [5.74, 6) is -0.142. The Labute approximate surface area is 183 Å². The van der Waals surface area contributed by atoms with Crippen LogP contribution in [0.3, 0.4) is 0 Å². The molecule has 1 unspecified atom stereocenters. The maximum atomic E-state index is 12.7. The first-order valence-corrected chi connectivity index (χ1v) is 10.4. The molecule has 0 aliphatic carbocycles. The van der Waals surface area contributed by atoms with E-state index in [1.165, 1.54) is 0 Å². The van der Waals surface area contributed by atoms with Crippen LogP contribution in [-0.4, -0.2) is 30.4 Å². The molecule has 0 heterocycles. The number of ether oxygens (including phenoxy) is 1. The van der Waals surface area contributed by atoms with E-state index in [1.54, 1.807) is 36.4 Å². The van der Waals surface area contributed by atoms with Crippen molar-refractivity contribution >= 4 is 29.1 Å². The predicted molar refractivity (Wildman–Crippen MR) is 122 cm³/mol. The van der Waals surface area contributed by atoms with Gasteiger partial charge in [-0.2, -0.15) is 0 Å². The van der Waals surface area contributed by atoms with E-state index in [0.717, 1.165) is 0 Å². The molecule has 2 aromatic rings. The fourth-order valence-corrected chi connectivity index (χ4v) is 2.89. The number of benzene rings is 2. The van der Waals surface area contributed by atoms with E-state index in [2.05, 4.69) is 16.0 Å². The topological polar surface area (TPSA) is 96.5 Å². The summed E-state index contributed by atoms with van der Waals surface area (Å²) in [4.78, 5) is 36.9. The van der Waals surface area contributed by atoms with Crippen molar-refractivity contribution in [3.63, 3.8) is 0 Å². The van der Waals surface area contributed by atoms with Crippen LogP contribution in [0.4, 0.5) is 11.4 Å². The Morgan fingerprint density at radius 1 is 0.839 bits per heavy atom. The first-order valence-electron chi connectivity index (χ1n) is 10.4. The zero-order valence-corrected chi connectivity index (χ0v) is 18.5. The van der Waals surface area contributed by atoms with E-state index in [4.69, 9.17) is 4.74 Å². The van der Waals surface area contributed by atoms with Crippen molar-refractivity contribution in [1.29, 1.82) is 0 Å². The molecule has 0 aliphatic rings.